The van der Waals surface area contributed by atoms with Gasteiger partial charge in [-0.05, 0) is 12.1 Å². The van der Waals surface area contributed by atoms with Gasteiger partial charge in [0.05, 0.1) is 5.02 Å². The number of rotatable bonds is 0. The predicted octanol–water partition coefficient (Wildman–Crippen LogP) is 3.58. The Bertz CT molecular complexity index is 394. The van der Waals surface area contributed by atoms with E-state index in [2.05, 4.69) is 20.9 Å². The van der Waals surface area contributed by atoms with Gasteiger partial charge in [0, 0.05) is 21.6 Å². The Labute approximate surface area is 77.5 Å². The highest BCUT2D eigenvalue weighted by Crippen LogP contribution is 2.29. The summed E-state index contributed by atoms with van der Waals surface area (Å²) in [4.78, 5) is 3.07. The predicted molar refractivity (Wildman–Crippen MR) is 51.0 cm³/mol. The number of nitrogens with one attached hydrogen (secondary N) is 1. The molecule has 11 heavy (non-hydrogen) atoms. The second-order valence-electron chi connectivity index (χ2n) is 2.30. The summed E-state index contributed by atoms with van der Waals surface area (Å²) in [5.41, 5.74) is 1.06. The highest BCUT2D eigenvalue weighted by Gasteiger charge is 2.02. The molecule has 0 saturated heterocycles. The minimum Gasteiger partial charge on any atom is -0.360 e. The SMILES string of the molecule is Clc1c[nH]c2cccc(Br)c12. The van der Waals surface area contributed by atoms with Crippen LogP contribution >= 0.6 is 27.5 Å². The van der Waals surface area contributed by atoms with Crippen molar-refractivity contribution in [2.45, 2.75) is 0 Å². The van der Waals surface area contributed by atoms with Crippen molar-refractivity contribution in [2.75, 3.05) is 0 Å². The first kappa shape index (κ1) is 7.19. The molecule has 1 aromatic heterocycles. The molecule has 0 radical (unpaired) electrons. The number of benzene rings is 1. The van der Waals surface area contributed by atoms with Crippen molar-refractivity contribution < 1.29 is 0 Å². The van der Waals surface area contributed by atoms with Crippen LogP contribution in [0.25, 0.3) is 10.9 Å². The summed E-state index contributed by atoms with van der Waals surface area (Å²) in [6, 6.07) is 5.94. The number of hydrogen-bond donors (Lipinski definition) is 1. The summed E-state index contributed by atoms with van der Waals surface area (Å²) in [6.07, 6.45) is 1.79. The summed E-state index contributed by atoms with van der Waals surface area (Å²) in [5.74, 6) is 0. The van der Waals surface area contributed by atoms with Crippen molar-refractivity contribution >= 4 is 38.4 Å². The van der Waals surface area contributed by atoms with E-state index in [9.17, 15) is 0 Å². The third-order valence-electron chi connectivity index (χ3n) is 1.61. The molecule has 1 aromatic carbocycles. The van der Waals surface area contributed by atoms with Crippen molar-refractivity contribution in [2.24, 2.45) is 0 Å². The third-order valence-corrected chi connectivity index (χ3v) is 2.57. The van der Waals surface area contributed by atoms with Gasteiger partial charge >= 0.3 is 0 Å². The molecule has 3 heteroatoms. The molecule has 0 aliphatic carbocycles. The Hall–Kier alpha value is -0.470. The molecule has 2 aromatic rings. The smallest absolute Gasteiger partial charge is 0.0670 e. The van der Waals surface area contributed by atoms with E-state index in [1.807, 2.05) is 18.2 Å². The van der Waals surface area contributed by atoms with Crippen molar-refractivity contribution in [3.63, 3.8) is 0 Å². The van der Waals surface area contributed by atoms with Crippen LogP contribution < -0.4 is 0 Å². The molecule has 0 spiro atoms. The van der Waals surface area contributed by atoms with Crippen LogP contribution in [0.15, 0.2) is 28.9 Å². The summed E-state index contributed by atoms with van der Waals surface area (Å²) in [7, 11) is 0. The van der Waals surface area contributed by atoms with Crippen LogP contribution in [-0.2, 0) is 0 Å². The van der Waals surface area contributed by atoms with Crippen LogP contribution in [0.5, 0.6) is 0 Å². The van der Waals surface area contributed by atoms with E-state index >= 15 is 0 Å². The molecule has 0 saturated carbocycles. The van der Waals surface area contributed by atoms with E-state index < -0.39 is 0 Å². The molecule has 0 aliphatic rings. The average molecular weight is 230 g/mol. The number of halogens is 2. The molecule has 1 N–H and O–H groups in total. The number of aromatic nitrogens is 1. The summed E-state index contributed by atoms with van der Waals surface area (Å²) >= 11 is 9.34. The highest BCUT2D eigenvalue weighted by atomic mass is 79.9. The van der Waals surface area contributed by atoms with Gasteiger partial charge in [-0.25, -0.2) is 0 Å². The lowest BCUT2D eigenvalue weighted by atomic mass is 10.2. The molecule has 1 heterocycles. The normalized spacial score (nSPS) is 10.7. The second-order valence-corrected chi connectivity index (χ2v) is 3.56. The van der Waals surface area contributed by atoms with Gasteiger partial charge < -0.3 is 4.98 Å². The van der Waals surface area contributed by atoms with Crippen LogP contribution in [0.3, 0.4) is 0 Å². The summed E-state index contributed by atoms with van der Waals surface area (Å²) < 4.78 is 1.03. The Kier molecular flexibility index (Phi) is 1.66. The monoisotopic (exact) mass is 229 g/mol. The van der Waals surface area contributed by atoms with E-state index in [0.29, 0.717) is 0 Å². The van der Waals surface area contributed by atoms with Gasteiger partial charge in [0.2, 0.25) is 0 Å². The Morgan fingerprint density at radius 3 is 2.91 bits per heavy atom. The molecule has 0 aliphatic heterocycles. The van der Waals surface area contributed by atoms with Gasteiger partial charge in [0.1, 0.15) is 0 Å². The minimum atomic E-state index is 0.757. The van der Waals surface area contributed by atoms with E-state index in [0.717, 1.165) is 20.4 Å². The van der Waals surface area contributed by atoms with Crippen LogP contribution in [0.1, 0.15) is 0 Å². The number of H-pyrrole nitrogens is 1. The largest absolute Gasteiger partial charge is 0.360 e. The van der Waals surface area contributed by atoms with Gasteiger partial charge in [0.25, 0.3) is 0 Å². The van der Waals surface area contributed by atoms with Crippen LogP contribution in [0.2, 0.25) is 5.02 Å². The first-order valence-corrected chi connectivity index (χ1v) is 4.37. The fourth-order valence-electron chi connectivity index (χ4n) is 1.10. The molecule has 0 bridgehead atoms. The lowest BCUT2D eigenvalue weighted by Crippen LogP contribution is -1.67. The Morgan fingerprint density at radius 2 is 2.18 bits per heavy atom. The molecular formula is C8H5BrClN. The van der Waals surface area contributed by atoms with Crippen LogP contribution in [0.4, 0.5) is 0 Å². The van der Waals surface area contributed by atoms with Crippen molar-refractivity contribution in [1.29, 1.82) is 0 Å². The lowest BCUT2D eigenvalue weighted by molar-refractivity contribution is 1.48. The van der Waals surface area contributed by atoms with Gasteiger partial charge in [0.15, 0.2) is 0 Å². The van der Waals surface area contributed by atoms with E-state index in [1.165, 1.54) is 0 Å². The number of aromatic amines is 1. The van der Waals surface area contributed by atoms with Gasteiger partial charge in [-0.2, -0.15) is 0 Å². The maximum Gasteiger partial charge on any atom is 0.0670 e. The molecule has 0 unspecified atom stereocenters. The third kappa shape index (κ3) is 1.06. The molecular weight excluding hydrogens is 225 g/mol. The average Bonchev–Trinajstić information content (AvgIpc) is 2.34. The maximum absolute atomic E-state index is 5.92. The topological polar surface area (TPSA) is 15.8 Å². The first-order valence-electron chi connectivity index (χ1n) is 3.20. The highest BCUT2D eigenvalue weighted by molar-refractivity contribution is 9.10. The van der Waals surface area contributed by atoms with Gasteiger partial charge in [-0.1, -0.05) is 33.6 Å². The van der Waals surface area contributed by atoms with E-state index in [1.54, 1.807) is 6.20 Å². The summed E-state index contributed by atoms with van der Waals surface area (Å²) in [5, 5.41) is 1.81. The van der Waals surface area contributed by atoms with Crippen molar-refractivity contribution in [3.8, 4) is 0 Å². The molecule has 1 nitrogen and oxygen atoms in total. The minimum absolute atomic E-state index is 0.757. The second kappa shape index (κ2) is 2.54. The molecule has 0 amide bonds. The Morgan fingerprint density at radius 1 is 1.36 bits per heavy atom. The first-order chi connectivity index (χ1) is 5.29. The molecule has 0 fully saturated rings. The van der Waals surface area contributed by atoms with Gasteiger partial charge in [-0.3, -0.25) is 0 Å². The zero-order valence-electron chi connectivity index (χ0n) is 5.57. The number of hydrogen-bond acceptors (Lipinski definition) is 0. The fourth-order valence-corrected chi connectivity index (χ4v) is 2.05. The standard InChI is InChI=1S/C8H5BrClN/c9-5-2-1-3-7-8(5)6(10)4-11-7/h1-4,11H. The van der Waals surface area contributed by atoms with Gasteiger partial charge in [-0.15, -0.1) is 0 Å². The summed E-state index contributed by atoms with van der Waals surface area (Å²) in [6.45, 7) is 0. The van der Waals surface area contributed by atoms with E-state index in [-0.39, 0.29) is 0 Å². The van der Waals surface area contributed by atoms with Crippen molar-refractivity contribution in [3.05, 3.63) is 33.9 Å². The lowest BCUT2D eigenvalue weighted by Gasteiger charge is -1.92. The zero-order chi connectivity index (χ0) is 7.84. The quantitative estimate of drug-likeness (QED) is 0.712. The molecule has 56 valence electrons. The number of fused-ring (bicyclic) bond motifs is 1. The molecule has 2 rings (SSSR count). The molecule has 0 atom stereocenters. The zero-order valence-corrected chi connectivity index (χ0v) is 7.91. The maximum atomic E-state index is 5.92. The van der Waals surface area contributed by atoms with Crippen molar-refractivity contribution in [1.82, 2.24) is 4.98 Å². The Balaban J connectivity index is 2.96. The van der Waals surface area contributed by atoms with E-state index in [4.69, 9.17) is 11.6 Å². The van der Waals surface area contributed by atoms with Crippen LogP contribution in [-0.4, -0.2) is 4.98 Å². The van der Waals surface area contributed by atoms with Crippen LogP contribution in [0, 0.1) is 0 Å². The fraction of sp³-hybridized carbons (Fsp3) is 0.